The van der Waals surface area contributed by atoms with E-state index in [0.717, 1.165) is 49.8 Å². The third kappa shape index (κ3) is 4.05. The Morgan fingerprint density at radius 3 is 1.68 bits per heavy atom. The van der Waals surface area contributed by atoms with Crippen LogP contribution < -0.4 is 0 Å². The number of benzene rings is 6. The first-order chi connectivity index (χ1) is 20.3. The van der Waals surface area contributed by atoms with Gasteiger partial charge in [-0.3, -0.25) is 0 Å². The number of hydrogen-bond acceptors (Lipinski definition) is 4. The molecule has 0 radical (unpaired) electrons. The summed E-state index contributed by atoms with van der Waals surface area (Å²) in [5.74, 6) is 1.93. The van der Waals surface area contributed by atoms with Crippen molar-refractivity contribution in [1.82, 2.24) is 15.0 Å². The molecule has 4 nitrogen and oxygen atoms in total. The normalized spacial score (nSPS) is 11.4. The summed E-state index contributed by atoms with van der Waals surface area (Å²) in [5, 5.41) is 4.63. The maximum Gasteiger partial charge on any atom is 0.164 e. The summed E-state index contributed by atoms with van der Waals surface area (Å²) in [4.78, 5) is 14.7. The molecule has 0 bridgehead atoms. The number of hydrogen-bond donors (Lipinski definition) is 0. The summed E-state index contributed by atoms with van der Waals surface area (Å²) in [7, 11) is 0. The largest absolute Gasteiger partial charge is 0.456 e. The van der Waals surface area contributed by atoms with E-state index in [1.165, 1.54) is 10.8 Å². The molecule has 0 saturated heterocycles. The number of fused-ring (bicyclic) bond motifs is 5. The van der Waals surface area contributed by atoms with Crippen LogP contribution in [0, 0.1) is 0 Å². The van der Waals surface area contributed by atoms with Gasteiger partial charge in [-0.2, -0.15) is 0 Å². The molecule has 0 saturated carbocycles. The van der Waals surface area contributed by atoms with Gasteiger partial charge in [0, 0.05) is 27.5 Å². The average Bonchev–Trinajstić information content (AvgIpc) is 3.45. The Morgan fingerprint density at radius 1 is 0.390 bits per heavy atom. The van der Waals surface area contributed by atoms with E-state index in [4.69, 9.17) is 19.4 Å². The third-order valence-electron chi connectivity index (χ3n) is 7.52. The number of furan rings is 1. The van der Waals surface area contributed by atoms with Crippen molar-refractivity contribution in [3.63, 3.8) is 0 Å². The number of aromatic nitrogens is 3. The first kappa shape index (κ1) is 23.3. The Labute approximate surface area is 236 Å². The first-order valence-electron chi connectivity index (χ1n) is 13.6. The van der Waals surface area contributed by atoms with Gasteiger partial charge in [0.2, 0.25) is 0 Å². The fourth-order valence-electron chi connectivity index (χ4n) is 5.59. The van der Waals surface area contributed by atoms with Gasteiger partial charge in [-0.1, -0.05) is 121 Å². The van der Waals surface area contributed by atoms with Gasteiger partial charge in [-0.15, -0.1) is 0 Å². The summed E-state index contributed by atoms with van der Waals surface area (Å²) < 4.78 is 6.33. The summed E-state index contributed by atoms with van der Waals surface area (Å²) >= 11 is 0. The molecule has 6 aromatic carbocycles. The Morgan fingerprint density at radius 2 is 0.951 bits per heavy atom. The zero-order valence-corrected chi connectivity index (χ0v) is 22.0. The van der Waals surface area contributed by atoms with Crippen LogP contribution in [0.15, 0.2) is 144 Å². The van der Waals surface area contributed by atoms with E-state index in [2.05, 4.69) is 72.8 Å². The monoisotopic (exact) mass is 525 g/mol. The molecule has 41 heavy (non-hydrogen) atoms. The highest BCUT2D eigenvalue weighted by molar-refractivity contribution is 6.22. The van der Waals surface area contributed by atoms with Gasteiger partial charge in [0.25, 0.3) is 0 Å². The molecule has 0 fully saturated rings. The van der Waals surface area contributed by atoms with E-state index in [1.807, 2.05) is 66.7 Å². The molecule has 0 N–H and O–H groups in total. The van der Waals surface area contributed by atoms with Crippen LogP contribution >= 0.6 is 0 Å². The Balaban J connectivity index is 1.34. The Bertz CT molecular complexity index is 2140. The molecule has 192 valence electrons. The van der Waals surface area contributed by atoms with Gasteiger partial charge < -0.3 is 4.42 Å². The van der Waals surface area contributed by atoms with Crippen LogP contribution in [0.1, 0.15) is 0 Å². The second-order valence-corrected chi connectivity index (χ2v) is 10.1. The molecular weight excluding hydrogens is 502 g/mol. The van der Waals surface area contributed by atoms with Gasteiger partial charge in [0.05, 0.1) is 0 Å². The second-order valence-electron chi connectivity index (χ2n) is 10.1. The SMILES string of the molecule is c1ccc(-c2nc(-c3ccccc3)nc(-c3cccc(-c4cccc5oc6ccc7ccccc7c6c45)c3)n2)cc1. The van der Waals surface area contributed by atoms with Crippen molar-refractivity contribution in [1.29, 1.82) is 0 Å². The minimum absolute atomic E-state index is 0.634. The molecule has 0 amide bonds. The minimum atomic E-state index is 0.634. The van der Waals surface area contributed by atoms with Crippen LogP contribution in [0.5, 0.6) is 0 Å². The summed E-state index contributed by atoms with van der Waals surface area (Å²) in [6.07, 6.45) is 0. The summed E-state index contributed by atoms with van der Waals surface area (Å²) in [5.41, 5.74) is 6.77. The van der Waals surface area contributed by atoms with Crippen molar-refractivity contribution in [3.05, 3.63) is 140 Å². The summed E-state index contributed by atoms with van der Waals surface area (Å²) in [6.45, 7) is 0. The summed E-state index contributed by atoms with van der Waals surface area (Å²) in [6, 6.07) is 47.5. The van der Waals surface area contributed by atoms with Gasteiger partial charge in [-0.05, 0) is 40.1 Å². The van der Waals surface area contributed by atoms with Crippen molar-refractivity contribution in [2.24, 2.45) is 0 Å². The molecule has 0 aliphatic carbocycles. The van der Waals surface area contributed by atoms with E-state index in [1.54, 1.807) is 0 Å². The van der Waals surface area contributed by atoms with Crippen LogP contribution in [-0.2, 0) is 0 Å². The predicted octanol–water partition coefficient (Wildman–Crippen LogP) is 9.59. The fraction of sp³-hybridized carbons (Fsp3) is 0. The molecular formula is C37H23N3O. The van der Waals surface area contributed by atoms with Gasteiger partial charge >= 0.3 is 0 Å². The average molecular weight is 526 g/mol. The fourth-order valence-corrected chi connectivity index (χ4v) is 5.59. The lowest BCUT2D eigenvalue weighted by molar-refractivity contribution is 0.669. The van der Waals surface area contributed by atoms with Crippen LogP contribution in [0.3, 0.4) is 0 Å². The van der Waals surface area contributed by atoms with Gasteiger partial charge in [0.15, 0.2) is 17.5 Å². The molecule has 4 heteroatoms. The molecule has 8 aromatic rings. The zero-order valence-electron chi connectivity index (χ0n) is 22.0. The lowest BCUT2D eigenvalue weighted by Gasteiger charge is -2.10. The molecule has 0 aliphatic rings. The van der Waals surface area contributed by atoms with Gasteiger partial charge in [0.1, 0.15) is 11.2 Å². The zero-order chi connectivity index (χ0) is 27.2. The van der Waals surface area contributed by atoms with Crippen LogP contribution in [-0.4, -0.2) is 15.0 Å². The number of rotatable bonds is 4. The van der Waals surface area contributed by atoms with E-state index >= 15 is 0 Å². The molecule has 0 unspecified atom stereocenters. The van der Waals surface area contributed by atoms with Crippen LogP contribution in [0.4, 0.5) is 0 Å². The van der Waals surface area contributed by atoms with Crippen LogP contribution in [0.2, 0.25) is 0 Å². The van der Waals surface area contributed by atoms with Crippen molar-refractivity contribution in [2.45, 2.75) is 0 Å². The smallest absolute Gasteiger partial charge is 0.164 e. The van der Waals surface area contributed by atoms with E-state index in [9.17, 15) is 0 Å². The Kier molecular flexibility index (Phi) is 5.42. The van der Waals surface area contributed by atoms with E-state index < -0.39 is 0 Å². The standard InChI is InChI=1S/C37H23N3O/c1-3-12-25(13-4-1)35-38-36(26-14-5-2-6-15-26)40-37(39-35)28-17-9-16-27(23-28)30-19-10-20-31-34(30)33-29-18-8-7-11-24(29)21-22-32(33)41-31/h1-23H. The first-order valence-corrected chi connectivity index (χ1v) is 13.6. The van der Waals surface area contributed by atoms with Crippen molar-refractivity contribution >= 4 is 32.7 Å². The highest BCUT2D eigenvalue weighted by atomic mass is 16.3. The molecule has 2 aromatic heterocycles. The molecule has 0 atom stereocenters. The highest BCUT2D eigenvalue weighted by Crippen LogP contribution is 2.40. The Hall–Kier alpha value is -5.61. The van der Waals surface area contributed by atoms with E-state index in [0.29, 0.717) is 17.5 Å². The quantitative estimate of drug-likeness (QED) is 0.230. The lowest BCUT2D eigenvalue weighted by atomic mass is 9.96. The predicted molar refractivity (Wildman–Crippen MR) is 166 cm³/mol. The minimum Gasteiger partial charge on any atom is -0.456 e. The second kappa shape index (κ2) is 9.54. The van der Waals surface area contributed by atoms with Crippen molar-refractivity contribution in [2.75, 3.05) is 0 Å². The highest BCUT2D eigenvalue weighted by Gasteiger charge is 2.17. The third-order valence-corrected chi connectivity index (χ3v) is 7.52. The van der Waals surface area contributed by atoms with Gasteiger partial charge in [-0.25, -0.2) is 15.0 Å². The maximum absolute atomic E-state index is 6.33. The lowest BCUT2D eigenvalue weighted by Crippen LogP contribution is -2.00. The molecule has 8 rings (SSSR count). The maximum atomic E-state index is 6.33. The van der Waals surface area contributed by atoms with E-state index in [-0.39, 0.29) is 0 Å². The molecule has 0 aliphatic heterocycles. The molecule has 2 heterocycles. The topological polar surface area (TPSA) is 51.8 Å². The van der Waals surface area contributed by atoms with Crippen molar-refractivity contribution in [3.8, 4) is 45.3 Å². The molecule has 0 spiro atoms. The van der Waals surface area contributed by atoms with Crippen LogP contribution in [0.25, 0.3) is 78.0 Å². The number of nitrogens with zero attached hydrogens (tertiary/aromatic N) is 3. The van der Waals surface area contributed by atoms with Crippen molar-refractivity contribution < 1.29 is 4.42 Å².